The molecule has 0 aliphatic rings. The van der Waals surface area contributed by atoms with Crippen molar-refractivity contribution in [2.45, 2.75) is 26.0 Å². The number of nitrogens with one attached hydrogen (secondary N) is 1. The van der Waals surface area contributed by atoms with Gasteiger partial charge in [0.05, 0.1) is 34.1 Å². The van der Waals surface area contributed by atoms with E-state index in [0.29, 0.717) is 16.8 Å². The van der Waals surface area contributed by atoms with Crippen LogP contribution < -0.4 is 5.32 Å². The normalized spacial score (nSPS) is 10.9. The minimum absolute atomic E-state index is 0.142. The third-order valence-corrected chi connectivity index (χ3v) is 5.29. The molecular weight excluding hydrogens is 400 g/mol. The summed E-state index contributed by atoms with van der Waals surface area (Å²) in [5.74, 6) is 0.344. The minimum atomic E-state index is -0.171. The predicted molar refractivity (Wildman–Crippen MR) is 115 cm³/mol. The molecule has 1 N–H and O–H groups in total. The number of aryl methyl sites for hydroxylation is 2. The van der Waals surface area contributed by atoms with E-state index in [1.807, 2.05) is 55.8 Å². The van der Waals surface area contributed by atoms with Gasteiger partial charge in [-0.2, -0.15) is 5.10 Å². The fourth-order valence-corrected chi connectivity index (χ4v) is 3.50. The van der Waals surface area contributed by atoms with Crippen LogP contribution in [-0.4, -0.2) is 36.6 Å². The van der Waals surface area contributed by atoms with Crippen LogP contribution in [0.2, 0.25) is 0 Å². The van der Waals surface area contributed by atoms with Crippen molar-refractivity contribution >= 4 is 23.4 Å². The van der Waals surface area contributed by atoms with Crippen LogP contribution in [0.1, 0.15) is 17.0 Å². The van der Waals surface area contributed by atoms with Crippen molar-refractivity contribution in [3.05, 3.63) is 65.7 Å². The Bertz CT molecular complexity index is 1170. The summed E-state index contributed by atoms with van der Waals surface area (Å²) in [6.45, 7) is 5.84. The molecule has 0 saturated carbocycles. The average molecular weight is 420 g/mol. The van der Waals surface area contributed by atoms with E-state index in [0.717, 1.165) is 22.6 Å². The fraction of sp³-hybridized carbons (Fsp3) is 0.190. The lowest BCUT2D eigenvalue weighted by Crippen LogP contribution is -2.15. The van der Waals surface area contributed by atoms with E-state index in [4.69, 9.17) is 4.42 Å². The molecule has 9 heteroatoms. The Kier molecular flexibility index (Phi) is 5.62. The van der Waals surface area contributed by atoms with Crippen molar-refractivity contribution in [1.29, 1.82) is 0 Å². The fourth-order valence-electron chi connectivity index (χ4n) is 2.94. The summed E-state index contributed by atoms with van der Waals surface area (Å²) >= 11 is 1.18. The van der Waals surface area contributed by atoms with Crippen LogP contribution in [-0.2, 0) is 4.79 Å². The van der Waals surface area contributed by atoms with Crippen LogP contribution in [0.15, 0.2) is 58.4 Å². The van der Waals surface area contributed by atoms with Gasteiger partial charge in [0.1, 0.15) is 0 Å². The molecule has 0 radical (unpaired) electrons. The van der Waals surface area contributed by atoms with Crippen molar-refractivity contribution in [2.24, 2.45) is 0 Å². The molecule has 0 fully saturated rings. The molecule has 3 heterocycles. The van der Waals surface area contributed by atoms with Gasteiger partial charge in [-0.05, 0) is 45.0 Å². The second-order valence-corrected chi connectivity index (χ2v) is 7.67. The maximum atomic E-state index is 12.5. The molecule has 8 nitrogen and oxygen atoms in total. The highest BCUT2D eigenvalue weighted by Crippen LogP contribution is 2.25. The number of anilines is 1. The van der Waals surface area contributed by atoms with Gasteiger partial charge in [-0.1, -0.05) is 29.5 Å². The van der Waals surface area contributed by atoms with Gasteiger partial charge >= 0.3 is 0 Å². The molecular formula is C21H20N6O2S. The van der Waals surface area contributed by atoms with Crippen LogP contribution in [0, 0.1) is 20.8 Å². The Labute approximate surface area is 177 Å². The first kappa shape index (κ1) is 19.8. The van der Waals surface area contributed by atoms with Crippen molar-refractivity contribution < 1.29 is 9.21 Å². The van der Waals surface area contributed by atoms with Gasteiger partial charge in [-0.15, -0.1) is 10.2 Å². The molecule has 1 aromatic carbocycles. The molecule has 0 spiro atoms. The van der Waals surface area contributed by atoms with Crippen molar-refractivity contribution in [2.75, 3.05) is 11.1 Å². The van der Waals surface area contributed by atoms with Gasteiger partial charge in [0.25, 0.3) is 5.22 Å². The first-order chi connectivity index (χ1) is 14.5. The molecule has 3 aromatic heterocycles. The minimum Gasteiger partial charge on any atom is -0.411 e. The maximum absolute atomic E-state index is 12.5. The van der Waals surface area contributed by atoms with Gasteiger partial charge in [0.15, 0.2) is 0 Å². The highest BCUT2D eigenvalue weighted by Gasteiger charge is 2.17. The summed E-state index contributed by atoms with van der Waals surface area (Å²) in [7, 11) is 0. The van der Waals surface area contributed by atoms with E-state index < -0.39 is 0 Å². The molecule has 152 valence electrons. The van der Waals surface area contributed by atoms with E-state index in [1.165, 1.54) is 17.3 Å². The smallest absolute Gasteiger partial charge is 0.277 e. The Morgan fingerprint density at radius 3 is 2.67 bits per heavy atom. The number of thioether (sulfide) groups is 1. The zero-order valence-electron chi connectivity index (χ0n) is 16.8. The number of amides is 1. The van der Waals surface area contributed by atoms with E-state index >= 15 is 0 Å². The Balaban J connectivity index is 1.41. The van der Waals surface area contributed by atoms with Crippen molar-refractivity contribution in [1.82, 2.24) is 25.0 Å². The average Bonchev–Trinajstić information content (AvgIpc) is 3.34. The predicted octanol–water partition coefficient (Wildman–Crippen LogP) is 3.97. The number of nitrogens with zero attached hydrogens (tertiary/aromatic N) is 5. The summed E-state index contributed by atoms with van der Waals surface area (Å²) in [5.41, 5.74) is 5.19. The molecule has 1 amide bonds. The Hall–Kier alpha value is -3.46. The number of hydrogen-bond donors (Lipinski definition) is 1. The van der Waals surface area contributed by atoms with Gasteiger partial charge in [-0.3, -0.25) is 9.78 Å². The number of carbonyl (C=O) groups is 1. The molecule has 0 aliphatic carbocycles. The lowest BCUT2D eigenvalue weighted by molar-refractivity contribution is -0.113. The zero-order chi connectivity index (χ0) is 21.1. The number of hydrogen-bond acceptors (Lipinski definition) is 7. The first-order valence-electron chi connectivity index (χ1n) is 9.31. The Morgan fingerprint density at radius 1 is 1.13 bits per heavy atom. The SMILES string of the molecule is Cc1ccc(-n2nc(C)c(NC(=O)CSc3nnc(-c4cccnc4)o3)c2C)cc1. The molecule has 30 heavy (non-hydrogen) atoms. The Morgan fingerprint density at radius 2 is 1.93 bits per heavy atom. The van der Waals surface area contributed by atoms with E-state index in [-0.39, 0.29) is 11.7 Å². The van der Waals surface area contributed by atoms with Gasteiger partial charge in [0.2, 0.25) is 11.8 Å². The van der Waals surface area contributed by atoms with Crippen LogP contribution in [0.5, 0.6) is 0 Å². The summed E-state index contributed by atoms with van der Waals surface area (Å²) in [4.78, 5) is 16.5. The maximum Gasteiger partial charge on any atom is 0.277 e. The number of benzene rings is 1. The summed E-state index contributed by atoms with van der Waals surface area (Å²) < 4.78 is 7.42. The van der Waals surface area contributed by atoms with Crippen molar-refractivity contribution in [3.63, 3.8) is 0 Å². The monoisotopic (exact) mass is 420 g/mol. The molecule has 0 saturated heterocycles. The quantitative estimate of drug-likeness (QED) is 0.471. The molecule has 0 atom stereocenters. The molecule has 0 unspecified atom stereocenters. The molecule has 0 aliphatic heterocycles. The third-order valence-electron chi connectivity index (χ3n) is 4.48. The van der Waals surface area contributed by atoms with Crippen LogP contribution in [0.3, 0.4) is 0 Å². The standard InChI is InChI=1S/C21H20N6O2S/c1-13-6-8-17(9-7-13)27-15(3)19(14(2)26-27)23-18(28)12-30-21-25-24-20(29-21)16-5-4-10-22-11-16/h4-11H,12H2,1-3H3,(H,23,28). The van der Waals surface area contributed by atoms with Crippen LogP contribution in [0.25, 0.3) is 17.1 Å². The van der Waals surface area contributed by atoms with E-state index in [2.05, 4.69) is 25.6 Å². The summed E-state index contributed by atoms with van der Waals surface area (Å²) in [6.07, 6.45) is 3.32. The lowest BCUT2D eigenvalue weighted by atomic mass is 10.2. The third kappa shape index (κ3) is 4.25. The van der Waals surface area contributed by atoms with Gasteiger partial charge in [0, 0.05) is 12.4 Å². The van der Waals surface area contributed by atoms with Gasteiger partial charge < -0.3 is 9.73 Å². The topological polar surface area (TPSA) is 98.7 Å². The van der Waals surface area contributed by atoms with Crippen LogP contribution >= 0.6 is 11.8 Å². The molecule has 0 bridgehead atoms. The van der Waals surface area contributed by atoms with Crippen molar-refractivity contribution in [3.8, 4) is 17.1 Å². The number of rotatable bonds is 6. The highest BCUT2D eigenvalue weighted by atomic mass is 32.2. The second kappa shape index (κ2) is 8.50. The summed E-state index contributed by atoms with van der Waals surface area (Å²) in [5, 5.41) is 15.8. The highest BCUT2D eigenvalue weighted by molar-refractivity contribution is 7.99. The van der Waals surface area contributed by atoms with E-state index in [1.54, 1.807) is 18.5 Å². The second-order valence-electron chi connectivity index (χ2n) is 6.74. The number of aromatic nitrogens is 5. The zero-order valence-corrected chi connectivity index (χ0v) is 17.6. The largest absolute Gasteiger partial charge is 0.411 e. The molecule has 4 rings (SSSR count). The summed E-state index contributed by atoms with van der Waals surface area (Å²) in [6, 6.07) is 11.7. The number of pyridine rings is 1. The van der Waals surface area contributed by atoms with Gasteiger partial charge in [-0.25, -0.2) is 4.68 Å². The molecule has 4 aromatic rings. The van der Waals surface area contributed by atoms with E-state index in [9.17, 15) is 4.79 Å². The first-order valence-corrected chi connectivity index (χ1v) is 10.3. The lowest BCUT2D eigenvalue weighted by Gasteiger charge is -2.07. The van der Waals surface area contributed by atoms with Crippen LogP contribution in [0.4, 0.5) is 5.69 Å². The number of carbonyl (C=O) groups excluding carboxylic acids is 1.